The molecule has 2 aromatic heterocycles. The Balaban J connectivity index is 1.82. The van der Waals surface area contributed by atoms with E-state index in [2.05, 4.69) is 14.7 Å². The minimum atomic E-state index is -3.85. The quantitative estimate of drug-likeness (QED) is 0.588. The van der Waals surface area contributed by atoms with E-state index in [1.807, 2.05) is 18.2 Å². The number of pyridine rings is 1. The highest BCUT2D eigenvalue weighted by molar-refractivity contribution is 7.92. The van der Waals surface area contributed by atoms with E-state index in [4.69, 9.17) is 4.42 Å². The Hall–Kier alpha value is -3.13. The van der Waals surface area contributed by atoms with Crippen LogP contribution in [0.5, 0.6) is 0 Å². The third-order valence-electron chi connectivity index (χ3n) is 3.79. The van der Waals surface area contributed by atoms with Gasteiger partial charge in [0.1, 0.15) is 0 Å². The summed E-state index contributed by atoms with van der Waals surface area (Å²) in [6.07, 6.45) is 0. The summed E-state index contributed by atoms with van der Waals surface area (Å²) < 4.78 is 33.0. The normalized spacial score (nSPS) is 11.9. The number of nitrogens with one attached hydrogen (secondary N) is 2. The first-order valence-electron chi connectivity index (χ1n) is 7.44. The molecule has 0 aliphatic rings. The Morgan fingerprint density at radius 2 is 1.92 bits per heavy atom. The number of aryl methyl sites for hydroxylation is 1. The fraction of sp³-hybridized carbons (Fsp3) is 0.0588. The molecule has 8 heteroatoms. The van der Waals surface area contributed by atoms with Gasteiger partial charge in [-0.1, -0.05) is 18.2 Å². The SMILES string of the molecule is Cc1cc(NS(=O)(=O)c2ccc3oc(=O)[nH]c3c2)c2ccccc2n1. The van der Waals surface area contributed by atoms with E-state index in [1.54, 1.807) is 19.1 Å². The first-order valence-corrected chi connectivity index (χ1v) is 8.93. The molecule has 0 radical (unpaired) electrons. The number of fused-ring (bicyclic) bond motifs is 2. The number of rotatable bonds is 3. The molecule has 0 fully saturated rings. The molecule has 0 atom stereocenters. The Bertz CT molecular complexity index is 1270. The van der Waals surface area contributed by atoms with Crippen molar-refractivity contribution >= 4 is 37.7 Å². The van der Waals surface area contributed by atoms with Crippen molar-refractivity contribution < 1.29 is 12.8 Å². The number of oxazole rings is 1. The highest BCUT2D eigenvalue weighted by Gasteiger charge is 2.17. The van der Waals surface area contributed by atoms with Gasteiger partial charge in [-0.2, -0.15) is 0 Å². The first-order chi connectivity index (χ1) is 11.9. The Morgan fingerprint density at radius 3 is 2.76 bits per heavy atom. The molecule has 0 amide bonds. The van der Waals surface area contributed by atoms with Crippen LogP contribution >= 0.6 is 0 Å². The van der Waals surface area contributed by atoms with Gasteiger partial charge in [0.05, 0.1) is 21.6 Å². The molecule has 2 heterocycles. The van der Waals surface area contributed by atoms with Crippen molar-refractivity contribution in [2.24, 2.45) is 0 Å². The van der Waals surface area contributed by atoms with Gasteiger partial charge in [0.2, 0.25) is 0 Å². The molecule has 4 aromatic rings. The molecule has 0 saturated carbocycles. The van der Waals surface area contributed by atoms with Crippen molar-refractivity contribution in [2.75, 3.05) is 4.72 Å². The number of sulfonamides is 1. The molecule has 2 N–H and O–H groups in total. The van der Waals surface area contributed by atoms with Gasteiger partial charge in [-0.25, -0.2) is 13.2 Å². The lowest BCUT2D eigenvalue weighted by Gasteiger charge is -2.11. The zero-order valence-corrected chi connectivity index (χ0v) is 13.9. The summed E-state index contributed by atoms with van der Waals surface area (Å²) in [5, 5.41) is 0.703. The van der Waals surface area contributed by atoms with Gasteiger partial charge in [-0.15, -0.1) is 0 Å². The van der Waals surface area contributed by atoms with Crippen LogP contribution in [0.3, 0.4) is 0 Å². The fourth-order valence-electron chi connectivity index (χ4n) is 2.69. The number of aromatic amines is 1. The van der Waals surface area contributed by atoms with Crippen LogP contribution in [0.15, 0.2) is 62.6 Å². The van der Waals surface area contributed by atoms with Crippen LogP contribution in [0, 0.1) is 6.92 Å². The summed E-state index contributed by atoms with van der Waals surface area (Å²) in [5.41, 5.74) is 2.47. The van der Waals surface area contributed by atoms with Crippen LogP contribution in [0.1, 0.15) is 5.69 Å². The number of aromatic nitrogens is 2. The maximum absolute atomic E-state index is 12.8. The fourth-order valence-corrected chi connectivity index (χ4v) is 3.79. The number of H-pyrrole nitrogens is 1. The van der Waals surface area contributed by atoms with Crippen LogP contribution in [-0.2, 0) is 10.0 Å². The van der Waals surface area contributed by atoms with Crippen molar-refractivity contribution in [1.82, 2.24) is 9.97 Å². The summed E-state index contributed by atoms with van der Waals surface area (Å²) in [4.78, 5) is 18.1. The molecule has 25 heavy (non-hydrogen) atoms. The second-order valence-corrected chi connectivity index (χ2v) is 7.29. The molecule has 7 nitrogen and oxygen atoms in total. The van der Waals surface area contributed by atoms with Gasteiger partial charge in [-0.05, 0) is 37.3 Å². The number of nitrogens with zero attached hydrogens (tertiary/aromatic N) is 1. The molecular formula is C17H13N3O4S. The molecule has 0 aliphatic heterocycles. The highest BCUT2D eigenvalue weighted by Crippen LogP contribution is 2.26. The molecule has 0 unspecified atom stereocenters. The average molecular weight is 355 g/mol. The number of hydrogen-bond donors (Lipinski definition) is 2. The predicted octanol–water partition coefficient (Wildman–Crippen LogP) is 2.78. The van der Waals surface area contributed by atoms with Crippen molar-refractivity contribution in [1.29, 1.82) is 0 Å². The molecule has 126 valence electrons. The first kappa shape index (κ1) is 15.4. The van der Waals surface area contributed by atoms with Crippen LogP contribution in [0.25, 0.3) is 22.0 Å². The lowest BCUT2D eigenvalue weighted by atomic mass is 10.2. The molecule has 4 rings (SSSR count). The number of anilines is 1. The maximum Gasteiger partial charge on any atom is 0.417 e. The summed E-state index contributed by atoms with van der Waals surface area (Å²) in [6, 6.07) is 13.2. The van der Waals surface area contributed by atoms with Crippen molar-refractivity contribution in [3.8, 4) is 0 Å². The topological polar surface area (TPSA) is 105 Å². The number of para-hydroxylation sites is 1. The van der Waals surface area contributed by atoms with Crippen molar-refractivity contribution in [3.05, 3.63) is 64.8 Å². The van der Waals surface area contributed by atoms with Crippen molar-refractivity contribution in [2.45, 2.75) is 11.8 Å². The Labute approximate surface area is 142 Å². The maximum atomic E-state index is 12.8. The Morgan fingerprint density at radius 1 is 1.12 bits per heavy atom. The van der Waals surface area contributed by atoms with Crippen LogP contribution in [0.2, 0.25) is 0 Å². The molecule has 0 aliphatic carbocycles. The monoisotopic (exact) mass is 355 g/mol. The van der Waals surface area contributed by atoms with E-state index < -0.39 is 15.8 Å². The van der Waals surface area contributed by atoms with E-state index in [9.17, 15) is 13.2 Å². The Kier molecular flexibility index (Phi) is 3.36. The molecule has 0 spiro atoms. The van der Waals surface area contributed by atoms with Gasteiger partial charge in [0, 0.05) is 11.1 Å². The van der Waals surface area contributed by atoms with Gasteiger partial charge >= 0.3 is 5.76 Å². The van der Waals surface area contributed by atoms with Gasteiger partial charge in [0.25, 0.3) is 10.0 Å². The average Bonchev–Trinajstić information content (AvgIpc) is 2.93. The summed E-state index contributed by atoms with van der Waals surface area (Å²) in [6.45, 7) is 1.80. The van der Waals surface area contributed by atoms with Gasteiger partial charge in [0.15, 0.2) is 5.58 Å². The van der Waals surface area contributed by atoms with Crippen LogP contribution < -0.4 is 10.5 Å². The zero-order chi connectivity index (χ0) is 17.6. The van der Waals surface area contributed by atoms with Crippen LogP contribution in [0.4, 0.5) is 5.69 Å². The lowest BCUT2D eigenvalue weighted by molar-refractivity contribution is 0.555. The molecule has 2 aromatic carbocycles. The second-order valence-electron chi connectivity index (χ2n) is 5.61. The molecular weight excluding hydrogens is 342 g/mol. The molecule has 0 bridgehead atoms. The summed E-state index contributed by atoms with van der Waals surface area (Å²) in [7, 11) is -3.85. The third kappa shape index (κ3) is 2.76. The van der Waals surface area contributed by atoms with E-state index in [1.165, 1.54) is 18.2 Å². The third-order valence-corrected chi connectivity index (χ3v) is 5.15. The van der Waals surface area contributed by atoms with Crippen LogP contribution in [-0.4, -0.2) is 18.4 Å². The van der Waals surface area contributed by atoms with Gasteiger partial charge in [-0.3, -0.25) is 14.7 Å². The molecule has 0 saturated heterocycles. The second kappa shape index (κ2) is 5.45. The standard InChI is InChI=1S/C17H13N3O4S/c1-10-8-14(12-4-2-3-5-13(12)18-10)20-25(22,23)11-6-7-16-15(9-11)19-17(21)24-16/h2-9H,1H3,(H,18,20)(H,19,21). The van der Waals surface area contributed by atoms with E-state index in [0.717, 1.165) is 0 Å². The zero-order valence-electron chi connectivity index (χ0n) is 13.1. The predicted molar refractivity (Wildman–Crippen MR) is 94.1 cm³/mol. The van der Waals surface area contributed by atoms with E-state index in [0.29, 0.717) is 33.4 Å². The minimum Gasteiger partial charge on any atom is -0.408 e. The number of benzene rings is 2. The minimum absolute atomic E-state index is 0.0237. The lowest BCUT2D eigenvalue weighted by Crippen LogP contribution is -2.13. The smallest absolute Gasteiger partial charge is 0.408 e. The van der Waals surface area contributed by atoms with E-state index in [-0.39, 0.29) is 4.90 Å². The highest BCUT2D eigenvalue weighted by atomic mass is 32.2. The largest absolute Gasteiger partial charge is 0.417 e. The van der Waals surface area contributed by atoms with Gasteiger partial charge < -0.3 is 4.42 Å². The summed E-state index contributed by atoms with van der Waals surface area (Å²) in [5.74, 6) is -0.631. The summed E-state index contributed by atoms with van der Waals surface area (Å²) >= 11 is 0. The van der Waals surface area contributed by atoms with E-state index >= 15 is 0 Å². The number of hydrogen-bond acceptors (Lipinski definition) is 5. The van der Waals surface area contributed by atoms with Crippen molar-refractivity contribution in [3.63, 3.8) is 0 Å².